The number of hydrogen-bond acceptors (Lipinski definition) is 4. The van der Waals surface area contributed by atoms with Crippen LogP contribution in [-0.2, 0) is 4.79 Å². The van der Waals surface area contributed by atoms with Gasteiger partial charge in [-0.15, -0.1) is 0 Å². The van der Waals surface area contributed by atoms with Crippen LogP contribution in [0, 0.1) is 11.8 Å². The molecular formula is C16H21N3O3. The van der Waals surface area contributed by atoms with Crippen molar-refractivity contribution in [2.45, 2.75) is 18.9 Å². The first-order valence-corrected chi connectivity index (χ1v) is 7.71. The van der Waals surface area contributed by atoms with Gasteiger partial charge in [-0.2, -0.15) is 0 Å². The van der Waals surface area contributed by atoms with Crippen LogP contribution < -0.4 is 16.0 Å². The molecule has 1 aliphatic carbocycles. The smallest absolute Gasteiger partial charge is 0.251 e. The van der Waals surface area contributed by atoms with Gasteiger partial charge in [0.05, 0.1) is 6.10 Å². The molecule has 1 heterocycles. The highest BCUT2D eigenvalue weighted by molar-refractivity contribution is 5.98. The van der Waals surface area contributed by atoms with Crippen LogP contribution in [0.4, 0.5) is 5.69 Å². The Kier molecular flexibility index (Phi) is 4.40. The summed E-state index contributed by atoms with van der Waals surface area (Å²) in [7, 11) is 0. The molecule has 1 saturated carbocycles. The predicted octanol–water partition coefficient (Wildman–Crippen LogP) is 0.345. The van der Waals surface area contributed by atoms with Gasteiger partial charge in [-0.1, -0.05) is 6.07 Å². The number of aliphatic hydroxyl groups excluding tert-OH is 1. The van der Waals surface area contributed by atoms with Crippen molar-refractivity contribution in [2.75, 3.05) is 25.0 Å². The molecule has 6 nitrogen and oxygen atoms in total. The lowest BCUT2D eigenvalue weighted by molar-refractivity contribution is -0.117. The normalized spacial score (nSPS) is 24.0. The van der Waals surface area contributed by atoms with Crippen LogP contribution in [0.3, 0.4) is 0 Å². The second-order valence-corrected chi connectivity index (χ2v) is 6.04. The van der Waals surface area contributed by atoms with Gasteiger partial charge < -0.3 is 21.1 Å². The molecule has 0 aromatic heterocycles. The third-order valence-corrected chi connectivity index (χ3v) is 4.17. The maximum absolute atomic E-state index is 12.2. The first-order valence-electron chi connectivity index (χ1n) is 7.71. The van der Waals surface area contributed by atoms with Gasteiger partial charge in [0.15, 0.2) is 0 Å². The average molecular weight is 303 g/mol. The van der Waals surface area contributed by atoms with Crippen molar-refractivity contribution in [3.05, 3.63) is 29.8 Å². The Morgan fingerprint density at radius 1 is 1.27 bits per heavy atom. The van der Waals surface area contributed by atoms with E-state index in [0.717, 1.165) is 12.8 Å². The molecule has 4 N–H and O–H groups in total. The van der Waals surface area contributed by atoms with Gasteiger partial charge in [-0.25, -0.2) is 0 Å². The van der Waals surface area contributed by atoms with Crippen molar-refractivity contribution in [3.63, 3.8) is 0 Å². The first-order chi connectivity index (χ1) is 10.6. The Balaban J connectivity index is 1.56. The predicted molar refractivity (Wildman–Crippen MR) is 82.5 cm³/mol. The van der Waals surface area contributed by atoms with Crippen LogP contribution in [0.5, 0.6) is 0 Å². The highest BCUT2D eigenvalue weighted by Gasteiger charge is 2.29. The van der Waals surface area contributed by atoms with Gasteiger partial charge in [0.2, 0.25) is 5.91 Å². The van der Waals surface area contributed by atoms with Gasteiger partial charge in [0.25, 0.3) is 5.91 Å². The number of benzene rings is 1. The Bertz CT molecular complexity index is 572. The van der Waals surface area contributed by atoms with E-state index < -0.39 is 6.10 Å². The van der Waals surface area contributed by atoms with E-state index in [2.05, 4.69) is 16.0 Å². The summed E-state index contributed by atoms with van der Waals surface area (Å²) < 4.78 is 0. The van der Waals surface area contributed by atoms with E-state index in [4.69, 9.17) is 0 Å². The standard InChI is InChI=1S/C16H21N3O3/c20-14-9-17-7-12(14)8-18-15(21)11-2-1-3-13(6-11)19-16(22)10-4-5-10/h1-3,6,10,12,14,17,20H,4-5,7-9H2,(H,18,21)(H,19,22). The number of hydrogen-bond donors (Lipinski definition) is 4. The summed E-state index contributed by atoms with van der Waals surface area (Å²) in [5, 5.41) is 18.5. The summed E-state index contributed by atoms with van der Waals surface area (Å²) in [6, 6.07) is 6.93. The number of amides is 2. The molecule has 6 heteroatoms. The molecule has 0 bridgehead atoms. The lowest BCUT2D eigenvalue weighted by Crippen LogP contribution is -2.34. The fourth-order valence-corrected chi connectivity index (χ4v) is 2.58. The van der Waals surface area contributed by atoms with Gasteiger partial charge in [0.1, 0.15) is 0 Å². The van der Waals surface area contributed by atoms with E-state index in [0.29, 0.717) is 30.9 Å². The zero-order chi connectivity index (χ0) is 15.5. The van der Waals surface area contributed by atoms with E-state index in [1.165, 1.54) is 0 Å². The van der Waals surface area contributed by atoms with Crippen molar-refractivity contribution < 1.29 is 14.7 Å². The Morgan fingerprint density at radius 2 is 2.09 bits per heavy atom. The third-order valence-electron chi connectivity index (χ3n) is 4.17. The summed E-state index contributed by atoms with van der Waals surface area (Å²) in [5.41, 5.74) is 1.15. The quantitative estimate of drug-likeness (QED) is 0.631. The van der Waals surface area contributed by atoms with Crippen LogP contribution >= 0.6 is 0 Å². The number of carbonyl (C=O) groups excluding carboxylic acids is 2. The maximum atomic E-state index is 12.2. The molecule has 22 heavy (non-hydrogen) atoms. The highest BCUT2D eigenvalue weighted by Crippen LogP contribution is 2.30. The van der Waals surface area contributed by atoms with E-state index in [1.54, 1.807) is 24.3 Å². The minimum atomic E-state index is -0.413. The summed E-state index contributed by atoms with van der Waals surface area (Å²) >= 11 is 0. The van der Waals surface area contributed by atoms with E-state index in [9.17, 15) is 14.7 Å². The summed E-state index contributed by atoms with van der Waals surface area (Å²) in [5.74, 6) is 0.00914. The van der Waals surface area contributed by atoms with Crippen molar-refractivity contribution in [2.24, 2.45) is 11.8 Å². The second kappa shape index (κ2) is 6.46. The number of anilines is 1. The third kappa shape index (κ3) is 3.64. The summed E-state index contributed by atoms with van der Waals surface area (Å²) in [6.07, 6.45) is 1.48. The van der Waals surface area contributed by atoms with Crippen molar-refractivity contribution in [3.8, 4) is 0 Å². The van der Waals surface area contributed by atoms with E-state index >= 15 is 0 Å². The number of aliphatic hydroxyl groups is 1. The molecule has 2 unspecified atom stereocenters. The molecule has 2 fully saturated rings. The topological polar surface area (TPSA) is 90.5 Å². The van der Waals surface area contributed by atoms with Crippen molar-refractivity contribution >= 4 is 17.5 Å². The zero-order valence-electron chi connectivity index (χ0n) is 12.3. The molecule has 1 saturated heterocycles. The highest BCUT2D eigenvalue weighted by atomic mass is 16.3. The molecule has 2 aliphatic rings. The molecule has 0 radical (unpaired) electrons. The molecule has 1 aromatic carbocycles. The molecular weight excluding hydrogens is 282 g/mol. The van der Waals surface area contributed by atoms with Crippen LogP contribution in [0.15, 0.2) is 24.3 Å². The number of carbonyl (C=O) groups is 2. The van der Waals surface area contributed by atoms with Crippen LogP contribution in [0.25, 0.3) is 0 Å². The molecule has 2 amide bonds. The molecule has 1 aromatic rings. The fourth-order valence-electron chi connectivity index (χ4n) is 2.58. The summed E-state index contributed by atoms with van der Waals surface area (Å²) in [4.78, 5) is 23.9. The summed E-state index contributed by atoms with van der Waals surface area (Å²) in [6.45, 7) is 1.72. The molecule has 2 atom stereocenters. The van der Waals surface area contributed by atoms with E-state index in [-0.39, 0.29) is 23.7 Å². The zero-order valence-corrected chi connectivity index (χ0v) is 12.3. The van der Waals surface area contributed by atoms with Gasteiger partial charge in [0, 0.05) is 42.7 Å². The average Bonchev–Trinajstić information content (AvgIpc) is 3.29. The second-order valence-electron chi connectivity index (χ2n) is 6.04. The molecule has 3 rings (SSSR count). The first kappa shape index (κ1) is 15.0. The maximum Gasteiger partial charge on any atom is 0.251 e. The van der Waals surface area contributed by atoms with Crippen LogP contribution in [0.1, 0.15) is 23.2 Å². The number of β-amino-alcohol motifs (C(OH)–C–C–N with tert-alkyl or cyclic N) is 1. The Hall–Kier alpha value is -1.92. The number of rotatable bonds is 5. The van der Waals surface area contributed by atoms with E-state index in [1.807, 2.05) is 0 Å². The molecule has 0 spiro atoms. The SMILES string of the molecule is O=C(NCC1CNCC1O)c1cccc(NC(=O)C2CC2)c1. The Morgan fingerprint density at radius 3 is 2.77 bits per heavy atom. The van der Waals surface area contributed by atoms with Gasteiger partial charge in [-0.05, 0) is 31.0 Å². The van der Waals surface area contributed by atoms with Crippen LogP contribution in [0.2, 0.25) is 0 Å². The van der Waals surface area contributed by atoms with Gasteiger partial charge >= 0.3 is 0 Å². The lowest BCUT2D eigenvalue weighted by Gasteiger charge is -2.14. The number of nitrogens with one attached hydrogen (secondary N) is 3. The van der Waals surface area contributed by atoms with Gasteiger partial charge in [-0.3, -0.25) is 9.59 Å². The van der Waals surface area contributed by atoms with Crippen LogP contribution in [-0.4, -0.2) is 42.7 Å². The minimum absolute atomic E-state index is 0.0257. The minimum Gasteiger partial charge on any atom is -0.391 e. The molecule has 1 aliphatic heterocycles. The van der Waals surface area contributed by atoms with Crippen molar-refractivity contribution in [1.29, 1.82) is 0 Å². The monoisotopic (exact) mass is 303 g/mol. The molecule has 118 valence electrons. The Labute approximate surface area is 129 Å². The fraction of sp³-hybridized carbons (Fsp3) is 0.500. The van der Waals surface area contributed by atoms with Crippen molar-refractivity contribution in [1.82, 2.24) is 10.6 Å². The largest absolute Gasteiger partial charge is 0.391 e. The lowest BCUT2D eigenvalue weighted by atomic mass is 10.1.